The summed E-state index contributed by atoms with van der Waals surface area (Å²) < 4.78 is 11.8. The lowest BCUT2D eigenvalue weighted by Crippen LogP contribution is -2.15. The van der Waals surface area contributed by atoms with Gasteiger partial charge in [0.15, 0.2) is 0 Å². The van der Waals surface area contributed by atoms with Crippen LogP contribution in [0, 0.1) is 0 Å². The smallest absolute Gasteiger partial charge is 0.342 e. The molecule has 0 unspecified atom stereocenters. The fourth-order valence-corrected chi connectivity index (χ4v) is 1.21. The van der Waals surface area contributed by atoms with E-state index in [1.54, 1.807) is 7.11 Å². The van der Waals surface area contributed by atoms with Gasteiger partial charge in [-0.25, -0.2) is 9.48 Å². The molecule has 1 heterocycles. The van der Waals surface area contributed by atoms with Crippen LogP contribution in [0.2, 0.25) is 0 Å². The molecule has 0 aromatic carbocycles. The van der Waals surface area contributed by atoms with Crippen LogP contribution in [0.15, 0.2) is 6.20 Å². The van der Waals surface area contributed by atoms with Crippen molar-refractivity contribution in [3.63, 3.8) is 0 Å². The maximum atomic E-state index is 10.9. The Hall–Kier alpha value is -1.56. The zero-order chi connectivity index (χ0) is 12.1. The Labute approximate surface area is 93.8 Å². The molecule has 0 radical (unpaired) electrons. The number of rotatable bonds is 6. The molecule has 0 aliphatic carbocycles. The van der Waals surface area contributed by atoms with Crippen molar-refractivity contribution in [3.8, 4) is 5.88 Å². The van der Waals surface area contributed by atoms with Crippen molar-refractivity contribution in [2.75, 3.05) is 13.7 Å². The highest BCUT2D eigenvalue weighted by molar-refractivity contribution is 5.89. The predicted molar refractivity (Wildman–Crippen MR) is 56.8 cm³/mol. The largest absolute Gasteiger partial charge is 0.477 e. The molecule has 0 fully saturated rings. The third kappa shape index (κ3) is 2.96. The number of hydrogen-bond donors (Lipinski definition) is 1. The lowest BCUT2D eigenvalue weighted by molar-refractivity contribution is 0.0688. The van der Waals surface area contributed by atoms with E-state index in [0.717, 1.165) is 0 Å². The maximum Gasteiger partial charge on any atom is 0.342 e. The normalized spacial score (nSPS) is 10.8. The number of carboxylic acids is 1. The second kappa shape index (κ2) is 5.50. The van der Waals surface area contributed by atoms with Crippen LogP contribution in [0.1, 0.15) is 24.2 Å². The van der Waals surface area contributed by atoms with Crippen molar-refractivity contribution in [1.82, 2.24) is 9.78 Å². The molecule has 6 heteroatoms. The molecule has 0 aliphatic heterocycles. The molecular formula is C10H16N2O4. The van der Waals surface area contributed by atoms with E-state index >= 15 is 0 Å². The van der Waals surface area contributed by atoms with E-state index in [9.17, 15) is 4.79 Å². The van der Waals surface area contributed by atoms with Crippen LogP contribution in [-0.4, -0.2) is 40.7 Å². The van der Waals surface area contributed by atoms with E-state index in [4.69, 9.17) is 14.6 Å². The third-order valence-corrected chi connectivity index (χ3v) is 1.88. The van der Waals surface area contributed by atoms with Gasteiger partial charge in [-0.1, -0.05) is 0 Å². The summed E-state index contributed by atoms with van der Waals surface area (Å²) in [6, 6.07) is 0. The minimum Gasteiger partial charge on any atom is -0.477 e. The van der Waals surface area contributed by atoms with Crippen LogP contribution in [0.3, 0.4) is 0 Å². The van der Waals surface area contributed by atoms with E-state index in [2.05, 4.69) is 5.10 Å². The van der Waals surface area contributed by atoms with E-state index in [0.29, 0.717) is 13.2 Å². The molecule has 0 saturated heterocycles. The number of hydrogen-bond acceptors (Lipinski definition) is 4. The van der Waals surface area contributed by atoms with Crippen molar-refractivity contribution in [3.05, 3.63) is 11.8 Å². The van der Waals surface area contributed by atoms with Gasteiger partial charge >= 0.3 is 5.97 Å². The summed E-state index contributed by atoms with van der Waals surface area (Å²) in [7, 11) is 1.57. The molecule has 1 rings (SSSR count). The summed E-state index contributed by atoms with van der Waals surface area (Å²) >= 11 is 0. The highest BCUT2D eigenvalue weighted by Crippen LogP contribution is 2.19. The number of methoxy groups -OCH3 is 1. The molecule has 0 amide bonds. The summed E-state index contributed by atoms with van der Waals surface area (Å²) in [5.74, 6) is -0.765. The number of ether oxygens (including phenoxy) is 2. The fraction of sp³-hybridized carbons (Fsp3) is 0.600. The van der Waals surface area contributed by atoms with Gasteiger partial charge in [-0.05, 0) is 13.8 Å². The second-order valence-electron chi connectivity index (χ2n) is 3.55. The van der Waals surface area contributed by atoms with Gasteiger partial charge in [0.05, 0.1) is 25.5 Å². The number of aromatic carboxylic acids is 1. The summed E-state index contributed by atoms with van der Waals surface area (Å²) in [5.41, 5.74) is 0.0739. The number of nitrogens with zero attached hydrogens (tertiary/aromatic N) is 2. The minimum atomic E-state index is -1.04. The minimum absolute atomic E-state index is 0.0739. The first-order valence-corrected chi connectivity index (χ1v) is 5.01. The number of aromatic nitrogens is 2. The Morgan fingerprint density at radius 1 is 1.62 bits per heavy atom. The van der Waals surface area contributed by atoms with E-state index in [1.165, 1.54) is 10.9 Å². The molecule has 0 atom stereocenters. The first kappa shape index (κ1) is 12.5. The monoisotopic (exact) mass is 228 g/mol. The summed E-state index contributed by atoms with van der Waals surface area (Å²) in [6.45, 7) is 4.58. The van der Waals surface area contributed by atoms with Crippen LogP contribution in [0.4, 0.5) is 0 Å². The van der Waals surface area contributed by atoms with Gasteiger partial charge in [-0.15, -0.1) is 0 Å². The van der Waals surface area contributed by atoms with Gasteiger partial charge in [0.2, 0.25) is 5.88 Å². The number of carboxylic acid groups (broad SMARTS) is 1. The van der Waals surface area contributed by atoms with Crippen LogP contribution in [0.5, 0.6) is 5.88 Å². The first-order chi connectivity index (χ1) is 7.56. The summed E-state index contributed by atoms with van der Waals surface area (Å²) in [4.78, 5) is 10.9. The van der Waals surface area contributed by atoms with Crippen LogP contribution in [-0.2, 0) is 11.3 Å². The molecule has 0 spiro atoms. The Bertz CT molecular complexity index is 360. The topological polar surface area (TPSA) is 73.6 Å². The zero-order valence-corrected chi connectivity index (χ0v) is 9.64. The van der Waals surface area contributed by atoms with E-state index in [-0.39, 0.29) is 17.5 Å². The lowest BCUT2D eigenvalue weighted by atomic mass is 10.3. The van der Waals surface area contributed by atoms with Gasteiger partial charge < -0.3 is 14.6 Å². The Balaban J connectivity index is 2.94. The van der Waals surface area contributed by atoms with E-state index < -0.39 is 5.97 Å². The van der Waals surface area contributed by atoms with Crippen molar-refractivity contribution in [2.24, 2.45) is 0 Å². The molecule has 1 aromatic heterocycles. The lowest BCUT2D eigenvalue weighted by Gasteiger charge is -2.12. The molecule has 1 aromatic rings. The third-order valence-electron chi connectivity index (χ3n) is 1.88. The highest BCUT2D eigenvalue weighted by Gasteiger charge is 2.18. The van der Waals surface area contributed by atoms with Crippen LogP contribution >= 0.6 is 0 Å². The van der Waals surface area contributed by atoms with Gasteiger partial charge in [-0.3, -0.25) is 0 Å². The Kier molecular flexibility index (Phi) is 4.30. The Morgan fingerprint density at radius 2 is 2.31 bits per heavy atom. The predicted octanol–water partition coefficient (Wildman–Crippen LogP) is 1.01. The van der Waals surface area contributed by atoms with Crippen molar-refractivity contribution < 1.29 is 19.4 Å². The second-order valence-corrected chi connectivity index (χ2v) is 3.55. The molecule has 0 aliphatic rings. The molecule has 16 heavy (non-hydrogen) atoms. The van der Waals surface area contributed by atoms with Crippen molar-refractivity contribution in [1.29, 1.82) is 0 Å². The van der Waals surface area contributed by atoms with Crippen LogP contribution in [0.25, 0.3) is 0 Å². The standard InChI is InChI=1S/C10H16N2O4/c1-7(2)16-9-8(10(13)14)6-11-12(9)4-5-15-3/h6-7H,4-5H2,1-3H3,(H,13,14). The van der Waals surface area contributed by atoms with Gasteiger partial charge in [0, 0.05) is 7.11 Å². The maximum absolute atomic E-state index is 10.9. The molecule has 0 bridgehead atoms. The number of carbonyl (C=O) groups is 1. The average molecular weight is 228 g/mol. The average Bonchev–Trinajstić information content (AvgIpc) is 2.57. The summed E-state index contributed by atoms with van der Waals surface area (Å²) in [5, 5.41) is 12.9. The van der Waals surface area contributed by atoms with Crippen molar-refractivity contribution in [2.45, 2.75) is 26.5 Å². The van der Waals surface area contributed by atoms with Gasteiger partial charge in [0.1, 0.15) is 5.56 Å². The van der Waals surface area contributed by atoms with Crippen LogP contribution < -0.4 is 4.74 Å². The molecule has 90 valence electrons. The highest BCUT2D eigenvalue weighted by atomic mass is 16.5. The fourth-order valence-electron chi connectivity index (χ4n) is 1.21. The Morgan fingerprint density at radius 3 is 2.81 bits per heavy atom. The van der Waals surface area contributed by atoms with Gasteiger partial charge in [0.25, 0.3) is 0 Å². The molecular weight excluding hydrogens is 212 g/mol. The first-order valence-electron chi connectivity index (χ1n) is 5.01. The molecule has 0 saturated carbocycles. The van der Waals surface area contributed by atoms with Gasteiger partial charge in [-0.2, -0.15) is 5.10 Å². The van der Waals surface area contributed by atoms with E-state index in [1.807, 2.05) is 13.8 Å². The molecule has 1 N–H and O–H groups in total. The summed E-state index contributed by atoms with van der Waals surface area (Å²) in [6.07, 6.45) is 1.19. The zero-order valence-electron chi connectivity index (χ0n) is 9.64. The SMILES string of the molecule is COCCn1ncc(C(=O)O)c1OC(C)C. The molecule has 6 nitrogen and oxygen atoms in total. The quantitative estimate of drug-likeness (QED) is 0.786. The van der Waals surface area contributed by atoms with Crippen molar-refractivity contribution >= 4 is 5.97 Å².